The topological polar surface area (TPSA) is 81.0 Å². The minimum Gasteiger partial charge on any atom is -0.388 e. The molecule has 1 rings (SSSR count). The quantitative estimate of drug-likeness (QED) is 0.577. The van der Waals surface area contributed by atoms with Crippen molar-refractivity contribution in [1.82, 2.24) is 5.32 Å². The Morgan fingerprint density at radius 3 is 2.88 bits per heavy atom. The summed E-state index contributed by atoms with van der Waals surface area (Å²) in [4.78, 5) is 11.6. The van der Waals surface area contributed by atoms with Crippen molar-refractivity contribution in [2.45, 2.75) is 19.8 Å². The van der Waals surface area contributed by atoms with Crippen LogP contribution >= 0.6 is 0 Å². The molecule has 1 amide bonds. The van der Waals surface area contributed by atoms with Crippen LogP contribution in [0, 0.1) is 5.41 Å². The third kappa shape index (κ3) is 3.73. The molecule has 4 heteroatoms. The molecule has 1 aromatic carbocycles. The predicted molar refractivity (Wildman–Crippen MR) is 63.7 cm³/mol. The number of benzene rings is 1. The van der Waals surface area contributed by atoms with E-state index < -0.39 is 0 Å². The molecule has 0 fully saturated rings. The van der Waals surface area contributed by atoms with Gasteiger partial charge in [0.15, 0.2) is 0 Å². The van der Waals surface area contributed by atoms with Gasteiger partial charge < -0.3 is 5.73 Å². The second-order valence-electron chi connectivity index (χ2n) is 3.52. The van der Waals surface area contributed by atoms with Gasteiger partial charge in [-0.25, -0.2) is 5.32 Å². The Labute approximate surface area is 95.4 Å². The van der Waals surface area contributed by atoms with Crippen molar-refractivity contribution in [2.24, 2.45) is 5.73 Å². The van der Waals surface area contributed by atoms with E-state index in [4.69, 9.17) is 11.1 Å². The van der Waals surface area contributed by atoms with E-state index in [9.17, 15) is 4.79 Å². The molecule has 0 atom stereocenters. The summed E-state index contributed by atoms with van der Waals surface area (Å²) in [7, 11) is 0. The first-order chi connectivity index (χ1) is 7.63. The number of hydrogen-bond donors (Lipinski definition) is 2. The van der Waals surface area contributed by atoms with Crippen LogP contribution in [0.15, 0.2) is 24.3 Å². The monoisotopic (exact) mass is 218 g/mol. The molecule has 0 bridgehead atoms. The lowest BCUT2D eigenvalue weighted by Gasteiger charge is -2.03. The van der Waals surface area contributed by atoms with Gasteiger partial charge in [0.2, 0.25) is 0 Å². The zero-order valence-electron chi connectivity index (χ0n) is 9.36. The van der Waals surface area contributed by atoms with E-state index in [1.165, 1.54) is 0 Å². The summed E-state index contributed by atoms with van der Waals surface area (Å²) >= 11 is 0. The maximum absolute atomic E-state index is 11.6. The molecule has 0 heterocycles. The van der Waals surface area contributed by atoms with Crippen LogP contribution in [0.25, 0.3) is 0 Å². The van der Waals surface area contributed by atoms with E-state index in [-0.39, 0.29) is 18.3 Å². The molecule has 1 aromatic rings. The Morgan fingerprint density at radius 2 is 2.25 bits per heavy atom. The molecule has 0 spiro atoms. The highest BCUT2D eigenvalue weighted by molar-refractivity contribution is 5.94. The van der Waals surface area contributed by atoms with Gasteiger partial charge in [-0.1, -0.05) is 19.1 Å². The van der Waals surface area contributed by atoms with Gasteiger partial charge in [-0.15, -0.1) is 0 Å². The number of amidine groups is 1. The zero-order chi connectivity index (χ0) is 12.0. The van der Waals surface area contributed by atoms with Crippen LogP contribution in [0.3, 0.4) is 0 Å². The fourth-order valence-electron chi connectivity index (χ4n) is 1.29. The molecule has 0 aliphatic rings. The zero-order valence-corrected chi connectivity index (χ0v) is 9.36. The lowest BCUT2D eigenvalue weighted by Crippen LogP contribution is -2.21. The number of nitrogens with two attached hydrogens (primary N) is 1. The Balaban J connectivity index is 2.55. The predicted octanol–water partition coefficient (Wildman–Crippen LogP) is 1.32. The molecular weight excluding hydrogens is 202 g/mol. The fraction of sp³-hybridized carbons (Fsp3) is 0.333. The molecule has 0 saturated carbocycles. The Morgan fingerprint density at radius 1 is 1.50 bits per heavy atom. The minimum absolute atomic E-state index is 0.0545. The maximum atomic E-state index is 11.6. The van der Waals surface area contributed by atoms with Gasteiger partial charge in [0.05, 0.1) is 12.4 Å². The van der Waals surface area contributed by atoms with E-state index >= 15 is 0 Å². The lowest BCUT2D eigenvalue weighted by atomic mass is 10.1. The van der Waals surface area contributed by atoms with Gasteiger partial charge >= 0.3 is 0 Å². The Bertz CT molecular complexity index is 388. The number of rotatable bonds is 5. The molecule has 1 radical (unpaired) electrons. The average molecular weight is 218 g/mol. The van der Waals surface area contributed by atoms with E-state index in [1.54, 1.807) is 6.07 Å². The molecule has 0 aliphatic carbocycles. The molecule has 16 heavy (non-hydrogen) atoms. The second-order valence-corrected chi connectivity index (χ2v) is 3.52. The third-order valence-electron chi connectivity index (χ3n) is 2.22. The van der Waals surface area contributed by atoms with Crippen LogP contribution in [-0.4, -0.2) is 18.3 Å². The number of amides is 1. The van der Waals surface area contributed by atoms with Crippen molar-refractivity contribution in [1.29, 1.82) is 5.41 Å². The normalized spacial score (nSPS) is 9.81. The van der Waals surface area contributed by atoms with E-state index in [0.717, 1.165) is 12.0 Å². The third-order valence-corrected chi connectivity index (χ3v) is 2.22. The van der Waals surface area contributed by atoms with E-state index in [2.05, 4.69) is 5.32 Å². The summed E-state index contributed by atoms with van der Waals surface area (Å²) in [5, 5.41) is 10.9. The SMILES string of the molecule is CCc1cccc(C(=O)[N]CCC(=N)N)c1. The van der Waals surface area contributed by atoms with Crippen molar-refractivity contribution in [3.8, 4) is 0 Å². The van der Waals surface area contributed by atoms with Crippen LogP contribution in [0.5, 0.6) is 0 Å². The van der Waals surface area contributed by atoms with Gasteiger partial charge in [-0.2, -0.15) is 0 Å². The first kappa shape index (κ1) is 12.2. The molecule has 0 unspecified atom stereocenters. The number of hydrogen-bond acceptors (Lipinski definition) is 2. The van der Waals surface area contributed by atoms with Gasteiger partial charge in [0.25, 0.3) is 5.91 Å². The summed E-state index contributed by atoms with van der Waals surface area (Å²) in [6.07, 6.45) is 1.23. The fourth-order valence-corrected chi connectivity index (χ4v) is 1.29. The molecule has 3 N–H and O–H groups in total. The molecule has 85 valence electrons. The molecule has 0 saturated heterocycles. The van der Waals surface area contributed by atoms with Crippen LogP contribution in [0.4, 0.5) is 0 Å². The standard InChI is InChI=1S/C12H16N3O/c1-2-9-4-3-5-10(8-9)12(16)15-7-6-11(13)14/h3-5,8H,2,6-7H2,1H3,(H3,13,14). The number of nitrogens with one attached hydrogen (secondary N) is 1. The highest BCUT2D eigenvalue weighted by Crippen LogP contribution is 2.06. The van der Waals surface area contributed by atoms with Crippen LogP contribution in [-0.2, 0) is 6.42 Å². The smallest absolute Gasteiger partial charge is 0.272 e. The van der Waals surface area contributed by atoms with E-state index in [1.807, 2.05) is 25.1 Å². The summed E-state index contributed by atoms with van der Waals surface area (Å²) in [6.45, 7) is 2.32. The lowest BCUT2D eigenvalue weighted by molar-refractivity contribution is 0.0950. The summed E-state index contributed by atoms with van der Waals surface area (Å²) < 4.78 is 0. The number of aryl methyl sites for hydroxylation is 1. The van der Waals surface area contributed by atoms with Crippen molar-refractivity contribution in [2.75, 3.05) is 6.54 Å². The Kier molecular flexibility index (Phi) is 4.51. The Hall–Kier alpha value is -1.84. The molecular formula is C12H16N3O. The van der Waals surface area contributed by atoms with Crippen molar-refractivity contribution in [3.05, 3.63) is 35.4 Å². The van der Waals surface area contributed by atoms with Gasteiger partial charge in [0, 0.05) is 12.0 Å². The highest BCUT2D eigenvalue weighted by Gasteiger charge is 2.06. The van der Waals surface area contributed by atoms with Gasteiger partial charge in [-0.05, 0) is 24.1 Å². The highest BCUT2D eigenvalue weighted by atomic mass is 16.1. The first-order valence-electron chi connectivity index (χ1n) is 5.27. The van der Waals surface area contributed by atoms with Crippen molar-refractivity contribution < 1.29 is 4.79 Å². The summed E-state index contributed by atoms with van der Waals surface area (Å²) in [5.74, 6) is -0.185. The summed E-state index contributed by atoms with van der Waals surface area (Å²) in [5.41, 5.74) is 6.89. The largest absolute Gasteiger partial charge is 0.388 e. The van der Waals surface area contributed by atoms with Crippen LogP contribution in [0.1, 0.15) is 29.3 Å². The number of carbonyl (C=O) groups is 1. The van der Waals surface area contributed by atoms with Crippen molar-refractivity contribution in [3.63, 3.8) is 0 Å². The van der Waals surface area contributed by atoms with Gasteiger partial charge in [-0.3, -0.25) is 10.2 Å². The van der Waals surface area contributed by atoms with Crippen LogP contribution < -0.4 is 11.1 Å². The second kappa shape index (κ2) is 5.90. The van der Waals surface area contributed by atoms with E-state index in [0.29, 0.717) is 12.0 Å². The molecule has 0 aromatic heterocycles. The number of nitrogens with zero attached hydrogens (tertiary/aromatic N) is 1. The minimum atomic E-state index is -0.239. The number of carbonyl (C=O) groups excluding carboxylic acids is 1. The van der Waals surface area contributed by atoms with Gasteiger partial charge in [0.1, 0.15) is 0 Å². The maximum Gasteiger partial charge on any atom is 0.272 e. The van der Waals surface area contributed by atoms with Crippen LogP contribution in [0.2, 0.25) is 0 Å². The molecule has 0 aliphatic heterocycles. The first-order valence-corrected chi connectivity index (χ1v) is 5.27. The average Bonchev–Trinajstić information content (AvgIpc) is 2.28. The van der Waals surface area contributed by atoms with Crippen molar-refractivity contribution >= 4 is 11.7 Å². The summed E-state index contributed by atoms with van der Waals surface area (Å²) in [6, 6.07) is 7.43. The molecule has 4 nitrogen and oxygen atoms in total.